The molecule has 0 saturated heterocycles. The molecule has 0 aliphatic heterocycles. The van der Waals surface area contributed by atoms with Crippen molar-refractivity contribution in [3.63, 3.8) is 0 Å². The Bertz CT molecular complexity index is 703. The zero-order chi connectivity index (χ0) is 22.4. The molecule has 31 heavy (non-hydrogen) atoms. The van der Waals surface area contributed by atoms with E-state index in [0.717, 1.165) is 49.1 Å². The van der Waals surface area contributed by atoms with Gasteiger partial charge in [-0.3, -0.25) is 0 Å². The first-order chi connectivity index (χ1) is 14.7. The molecular weight excluding hydrogens is 411 g/mol. The third-order valence-electron chi connectivity index (χ3n) is 7.27. The third-order valence-corrected chi connectivity index (χ3v) is 7.27. The van der Waals surface area contributed by atoms with Gasteiger partial charge >= 0.3 is 6.36 Å². The number of ether oxygens (including phenoxy) is 1. The van der Waals surface area contributed by atoms with Gasteiger partial charge in [0, 0.05) is 0 Å². The van der Waals surface area contributed by atoms with E-state index in [1.807, 2.05) is 0 Å². The molecule has 174 valence electrons. The minimum Gasteiger partial charge on any atom is -0.399 e. The summed E-state index contributed by atoms with van der Waals surface area (Å²) < 4.78 is 68.0. The molecule has 1 aromatic carbocycles. The molecule has 2 fully saturated rings. The normalized spacial score (nSPS) is 27.5. The van der Waals surface area contributed by atoms with Crippen LogP contribution in [0.2, 0.25) is 0 Å². The molecule has 0 N–H and O–H groups in total. The second-order valence-electron chi connectivity index (χ2n) is 9.34. The monoisotopic (exact) mass is 444 g/mol. The highest BCUT2D eigenvalue weighted by molar-refractivity contribution is 5.31. The summed E-state index contributed by atoms with van der Waals surface area (Å²) in [6.45, 7) is 2.08. The maximum Gasteiger partial charge on any atom is 0.573 e. The van der Waals surface area contributed by atoms with Crippen LogP contribution >= 0.6 is 0 Å². The van der Waals surface area contributed by atoms with Crippen LogP contribution in [-0.2, 0) is 6.42 Å². The molecule has 0 aromatic heterocycles. The lowest BCUT2D eigenvalue weighted by atomic mass is 9.68. The smallest absolute Gasteiger partial charge is 0.399 e. The van der Waals surface area contributed by atoms with Gasteiger partial charge in [-0.25, -0.2) is 8.78 Å². The van der Waals surface area contributed by atoms with Crippen molar-refractivity contribution in [3.05, 3.63) is 41.5 Å². The fourth-order valence-electron chi connectivity index (χ4n) is 5.51. The zero-order valence-corrected chi connectivity index (χ0v) is 18.2. The number of halogens is 5. The minimum atomic E-state index is -5.12. The molecule has 2 aliphatic rings. The molecule has 0 spiro atoms. The van der Waals surface area contributed by atoms with E-state index in [2.05, 4.69) is 23.8 Å². The summed E-state index contributed by atoms with van der Waals surface area (Å²) in [5.74, 6) is -0.990. The molecule has 2 saturated carbocycles. The lowest BCUT2D eigenvalue weighted by Gasteiger charge is -2.37. The molecule has 0 heterocycles. The first kappa shape index (κ1) is 24.1. The summed E-state index contributed by atoms with van der Waals surface area (Å²) in [4.78, 5) is 0. The number of allylic oxidation sites excluding steroid dienone is 2. The topological polar surface area (TPSA) is 9.23 Å². The Hall–Kier alpha value is -1.59. The highest BCUT2D eigenvalue weighted by atomic mass is 19.4. The minimum absolute atomic E-state index is 0.381. The van der Waals surface area contributed by atoms with Crippen LogP contribution in [0.4, 0.5) is 22.0 Å². The Balaban J connectivity index is 1.43. The largest absolute Gasteiger partial charge is 0.573 e. The number of hydrogen-bond donors (Lipinski definition) is 0. The van der Waals surface area contributed by atoms with Crippen molar-refractivity contribution in [2.45, 2.75) is 83.9 Å². The fourth-order valence-corrected chi connectivity index (χ4v) is 5.51. The molecule has 1 aromatic rings. The van der Waals surface area contributed by atoms with Crippen molar-refractivity contribution >= 4 is 0 Å². The molecule has 0 amide bonds. The second-order valence-corrected chi connectivity index (χ2v) is 9.34. The van der Waals surface area contributed by atoms with Crippen LogP contribution in [0.1, 0.15) is 76.7 Å². The van der Waals surface area contributed by atoms with E-state index in [0.29, 0.717) is 17.9 Å². The lowest BCUT2D eigenvalue weighted by molar-refractivity contribution is -0.276. The van der Waals surface area contributed by atoms with Gasteiger partial charge in [-0.2, -0.15) is 0 Å². The lowest BCUT2D eigenvalue weighted by Crippen LogP contribution is -2.26. The standard InChI is InChI=1S/C25H33F5O/c1-2-3-4-17-7-11-20(12-8-17)21-13-9-18(10-14-21)5-6-19-15-22(26)24(23(27)16-19)31-25(28,29)30/h2-3,15-18,20-21H,4-14H2,1H3/b3-2+. The Kier molecular flexibility index (Phi) is 8.40. The molecule has 0 atom stereocenters. The maximum atomic E-state index is 13.9. The first-order valence-electron chi connectivity index (χ1n) is 11.6. The fraction of sp³-hybridized carbons (Fsp3) is 0.680. The van der Waals surface area contributed by atoms with Crippen LogP contribution in [-0.4, -0.2) is 6.36 Å². The van der Waals surface area contributed by atoms with Gasteiger partial charge in [0.05, 0.1) is 0 Å². The molecule has 3 rings (SSSR count). The molecule has 1 nitrogen and oxygen atoms in total. The maximum absolute atomic E-state index is 13.9. The van der Waals surface area contributed by atoms with E-state index in [1.165, 1.54) is 44.9 Å². The quantitative estimate of drug-likeness (QED) is 0.303. The summed E-state index contributed by atoms with van der Waals surface area (Å²) in [5, 5.41) is 0. The van der Waals surface area contributed by atoms with E-state index in [1.54, 1.807) is 0 Å². The van der Waals surface area contributed by atoms with Crippen LogP contribution in [0.3, 0.4) is 0 Å². The van der Waals surface area contributed by atoms with Crippen LogP contribution in [0.15, 0.2) is 24.3 Å². The van der Waals surface area contributed by atoms with E-state index < -0.39 is 23.7 Å². The zero-order valence-electron chi connectivity index (χ0n) is 18.2. The van der Waals surface area contributed by atoms with Gasteiger partial charge in [0.25, 0.3) is 0 Å². The molecule has 6 heteroatoms. The molecule has 0 unspecified atom stereocenters. The molecule has 0 bridgehead atoms. The van der Waals surface area contributed by atoms with Crippen LogP contribution < -0.4 is 4.74 Å². The third kappa shape index (κ3) is 7.21. The highest BCUT2D eigenvalue weighted by Crippen LogP contribution is 2.43. The van der Waals surface area contributed by atoms with Crippen molar-refractivity contribution in [1.82, 2.24) is 0 Å². The molecule has 0 radical (unpaired) electrons. The van der Waals surface area contributed by atoms with Crippen LogP contribution in [0, 0.1) is 35.3 Å². The van der Waals surface area contributed by atoms with Crippen LogP contribution in [0.5, 0.6) is 5.75 Å². The number of rotatable bonds is 7. The van der Waals surface area contributed by atoms with Crippen molar-refractivity contribution < 1.29 is 26.7 Å². The van der Waals surface area contributed by atoms with E-state index in [4.69, 9.17) is 0 Å². The van der Waals surface area contributed by atoms with E-state index in [-0.39, 0.29) is 0 Å². The van der Waals surface area contributed by atoms with Gasteiger partial charge in [0.15, 0.2) is 11.6 Å². The van der Waals surface area contributed by atoms with E-state index >= 15 is 0 Å². The summed E-state index contributed by atoms with van der Waals surface area (Å²) in [6.07, 6.45) is 11.8. The van der Waals surface area contributed by atoms with Gasteiger partial charge < -0.3 is 4.74 Å². The Morgan fingerprint density at radius 3 is 1.87 bits per heavy atom. The highest BCUT2D eigenvalue weighted by Gasteiger charge is 2.34. The van der Waals surface area contributed by atoms with Gasteiger partial charge in [0.1, 0.15) is 0 Å². The molecular formula is C25H33F5O. The van der Waals surface area contributed by atoms with Gasteiger partial charge in [0.2, 0.25) is 5.75 Å². The average molecular weight is 445 g/mol. The first-order valence-corrected chi connectivity index (χ1v) is 11.6. The van der Waals surface area contributed by atoms with Gasteiger partial charge in [-0.15, -0.1) is 13.2 Å². The van der Waals surface area contributed by atoms with Gasteiger partial charge in [-0.05, 0) is 106 Å². The van der Waals surface area contributed by atoms with E-state index in [9.17, 15) is 22.0 Å². The molecule has 2 aliphatic carbocycles. The van der Waals surface area contributed by atoms with Crippen molar-refractivity contribution in [2.24, 2.45) is 23.7 Å². The summed E-state index contributed by atoms with van der Waals surface area (Å²) in [6, 6.07) is 1.92. The Morgan fingerprint density at radius 2 is 1.39 bits per heavy atom. The predicted molar refractivity (Wildman–Crippen MR) is 112 cm³/mol. The number of aryl methyl sites for hydroxylation is 1. The Labute approximate surface area is 182 Å². The summed E-state index contributed by atoms with van der Waals surface area (Å²) >= 11 is 0. The average Bonchev–Trinajstić information content (AvgIpc) is 2.73. The second kappa shape index (κ2) is 10.8. The van der Waals surface area contributed by atoms with Gasteiger partial charge in [-0.1, -0.05) is 25.0 Å². The van der Waals surface area contributed by atoms with Crippen molar-refractivity contribution in [3.8, 4) is 5.75 Å². The summed E-state index contributed by atoms with van der Waals surface area (Å²) in [5.41, 5.74) is 0.381. The predicted octanol–water partition coefficient (Wildman–Crippen LogP) is 8.38. The Morgan fingerprint density at radius 1 is 0.871 bits per heavy atom. The SMILES string of the molecule is C/C=C/CC1CCC(C2CCC(CCc3cc(F)c(OC(F)(F)F)c(F)c3)CC2)CC1. The van der Waals surface area contributed by atoms with Crippen molar-refractivity contribution in [1.29, 1.82) is 0 Å². The van der Waals surface area contributed by atoms with Crippen LogP contribution in [0.25, 0.3) is 0 Å². The summed E-state index contributed by atoms with van der Waals surface area (Å²) in [7, 11) is 0. The van der Waals surface area contributed by atoms with Crippen molar-refractivity contribution in [2.75, 3.05) is 0 Å². The number of alkyl halides is 3. The number of hydrogen-bond acceptors (Lipinski definition) is 1. The number of benzene rings is 1.